The van der Waals surface area contributed by atoms with Gasteiger partial charge >= 0.3 is 12.1 Å². The van der Waals surface area contributed by atoms with Gasteiger partial charge in [-0.1, -0.05) is 30.3 Å². The molecule has 1 fully saturated rings. The number of esters is 1. The van der Waals surface area contributed by atoms with Crippen molar-refractivity contribution >= 4 is 11.9 Å². The Morgan fingerprint density at radius 1 is 0.970 bits per heavy atom. The number of likely N-dealkylation sites (tertiary alicyclic amines) is 1. The van der Waals surface area contributed by atoms with Crippen molar-refractivity contribution in [3.63, 3.8) is 0 Å². The summed E-state index contributed by atoms with van der Waals surface area (Å²) in [5.74, 6) is -0.521. The molecule has 9 heteroatoms. The van der Waals surface area contributed by atoms with Crippen molar-refractivity contribution < 1.29 is 27.5 Å². The summed E-state index contributed by atoms with van der Waals surface area (Å²) < 4.78 is 44.5. The van der Waals surface area contributed by atoms with Crippen LogP contribution in [0.2, 0.25) is 0 Å². The number of carbonyl (C=O) groups is 2. The fourth-order valence-electron chi connectivity index (χ4n) is 4.21. The van der Waals surface area contributed by atoms with Crippen molar-refractivity contribution in [2.75, 3.05) is 20.2 Å². The van der Waals surface area contributed by atoms with Gasteiger partial charge in [-0.25, -0.2) is 4.68 Å². The van der Waals surface area contributed by atoms with Crippen LogP contribution >= 0.6 is 0 Å². The number of aromatic nitrogens is 2. The molecule has 0 N–H and O–H groups in total. The van der Waals surface area contributed by atoms with Crippen LogP contribution in [0.4, 0.5) is 13.2 Å². The molecule has 1 aliphatic heterocycles. The number of amides is 1. The van der Waals surface area contributed by atoms with E-state index in [1.165, 1.54) is 13.3 Å². The topological polar surface area (TPSA) is 64.4 Å². The van der Waals surface area contributed by atoms with Crippen LogP contribution in [0.5, 0.6) is 0 Å². The molecule has 1 aliphatic rings. The maximum Gasteiger partial charge on any atom is 0.435 e. The summed E-state index contributed by atoms with van der Waals surface area (Å²) >= 11 is 0. The molecule has 33 heavy (non-hydrogen) atoms. The highest BCUT2D eigenvalue weighted by atomic mass is 19.4. The van der Waals surface area contributed by atoms with Gasteiger partial charge in [-0.15, -0.1) is 0 Å². The monoisotopic (exact) mass is 457 g/mol. The third-order valence-electron chi connectivity index (χ3n) is 6.07. The summed E-state index contributed by atoms with van der Waals surface area (Å²) in [6.45, 7) is 0.747. The third kappa shape index (κ3) is 4.35. The molecule has 0 saturated carbocycles. The van der Waals surface area contributed by atoms with E-state index in [9.17, 15) is 22.8 Å². The number of carbonyl (C=O) groups excluding carboxylic acids is 2. The molecule has 0 atom stereocenters. The lowest BCUT2D eigenvalue weighted by Crippen LogP contribution is -2.49. The van der Waals surface area contributed by atoms with Crippen LogP contribution in [0.15, 0.2) is 66.9 Å². The van der Waals surface area contributed by atoms with E-state index in [4.69, 9.17) is 4.74 Å². The molecular weight excluding hydrogens is 435 g/mol. The molecule has 0 bridgehead atoms. The predicted octanol–water partition coefficient (Wildman–Crippen LogP) is 4.24. The molecule has 172 valence electrons. The first kappa shape index (κ1) is 22.6. The Labute approximate surface area is 188 Å². The fourth-order valence-corrected chi connectivity index (χ4v) is 4.21. The molecule has 2 aromatic carbocycles. The van der Waals surface area contributed by atoms with Crippen LogP contribution in [0.1, 0.15) is 34.5 Å². The lowest BCUT2D eigenvalue weighted by atomic mass is 9.72. The van der Waals surface area contributed by atoms with Crippen LogP contribution in [0.25, 0.3) is 5.69 Å². The first-order valence-electron chi connectivity index (χ1n) is 10.4. The summed E-state index contributed by atoms with van der Waals surface area (Å²) in [5, 5.41) is 3.54. The highest BCUT2D eigenvalue weighted by Gasteiger charge is 2.44. The molecular formula is C24H22F3N3O3. The minimum atomic E-state index is -4.52. The van der Waals surface area contributed by atoms with E-state index in [1.54, 1.807) is 29.2 Å². The molecule has 6 nitrogen and oxygen atoms in total. The van der Waals surface area contributed by atoms with Crippen molar-refractivity contribution in [2.45, 2.75) is 24.4 Å². The Balaban J connectivity index is 1.47. The van der Waals surface area contributed by atoms with Gasteiger partial charge in [0.05, 0.1) is 18.2 Å². The van der Waals surface area contributed by atoms with Crippen molar-refractivity contribution in [1.82, 2.24) is 14.7 Å². The van der Waals surface area contributed by atoms with Crippen LogP contribution in [0.3, 0.4) is 0 Å². The highest BCUT2D eigenvalue weighted by molar-refractivity contribution is 5.95. The molecule has 0 radical (unpaired) electrons. The number of hydrogen-bond donors (Lipinski definition) is 0. The van der Waals surface area contributed by atoms with Gasteiger partial charge in [0.2, 0.25) is 0 Å². The number of hydrogen-bond acceptors (Lipinski definition) is 4. The summed E-state index contributed by atoms with van der Waals surface area (Å²) in [5.41, 5.74) is -0.0941. The van der Waals surface area contributed by atoms with Gasteiger partial charge in [0.25, 0.3) is 5.91 Å². The fraction of sp³-hybridized carbons (Fsp3) is 0.292. The Morgan fingerprint density at radius 3 is 2.15 bits per heavy atom. The van der Waals surface area contributed by atoms with E-state index < -0.39 is 17.3 Å². The van der Waals surface area contributed by atoms with E-state index in [2.05, 4.69) is 5.10 Å². The first-order valence-corrected chi connectivity index (χ1v) is 10.4. The average molecular weight is 457 g/mol. The number of nitrogens with zero attached hydrogens (tertiary/aromatic N) is 3. The molecule has 0 unspecified atom stereocenters. The van der Waals surface area contributed by atoms with E-state index in [1.807, 2.05) is 30.3 Å². The second kappa shape index (κ2) is 8.73. The zero-order valence-corrected chi connectivity index (χ0v) is 17.9. The molecule has 1 aromatic heterocycles. The van der Waals surface area contributed by atoms with Gasteiger partial charge in [-0.05, 0) is 48.7 Å². The normalized spacial score (nSPS) is 15.8. The molecule has 1 saturated heterocycles. The van der Waals surface area contributed by atoms with Crippen LogP contribution < -0.4 is 0 Å². The van der Waals surface area contributed by atoms with Crippen LogP contribution in [0, 0.1) is 0 Å². The molecule has 4 rings (SSSR count). The Bertz CT molecular complexity index is 1130. The van der Waals surface area contributed by atoms with Gasteiger partial charge < -0.3 is 9.64 Å². The quantitative estimate of drug-likeness (QED) is 0.550. The second-order valence-electron chi connectivity index (χ2n) is 7.92. The lowest BCUT2D eigenvalue weighted by Gasteiger charge is -2.40. The second-order valence-corrected chi connectivity index (χ2v) is 7.92. The minimum Gasteiger partial charge on any atom is -0.468 e. The number of methoxy groups -OCH3 is 1. The van der Waals surface area contributed by atoms with E-state index in [0.717, 1.165) is 16.3 Å². The van der Waals surface area contributed by atoms with Crippen molar-refractivity contribution in [3.8, 4) is 5.69 Å². The first-order chi connectivity index (χ1) is 15.7. The maximum absolute atomic E-state index is 13.0. The van der Waals surface area contributed by atoms with Crippen molar-refractivity contribution in [2.24, 2.45) is 0 Å². The Hall–Kier alpha value is -3.62. The number of halogens is 3. The van der Waals surface area contributed by atoms with Gasteiger partial charge in [-0.3, -0.25) is 9.59 Å². The number of piperidine rings is 1. The SMILES string of the molecule is COC(=O)C1(c2ccccc2)CCN(C(=O)c2ccc(-n3ccc(C(F)(F)F)n3)cc2)CC1. The molecule has 2 heterocycles. The molecule has 3 aromatic rings. The third-order valence-corrected chi connectivity index (χ3v) is 6.07. The Morgan fingerprint density at radius 2 is 1.61 bits per heavy atom. The van der Waals surface area contributed by atoms with Gasteiger partial charge in [-0.2, -0.15) is 18.3 Å². The molecule has 0 spiro atoms. The lowest BCUT2D eigenvalue weighted by molar-refractivity contribution is -0.149. The maximum atomic E-state index is 13.0. The minimum absolute atomic E-state index is 0.204. The standard InChI is InChI=1S/C24H22F3N3O3/c1-33-22(32)23(18-5-3-2-4-6-18)12-15-29(16-13-23)21(31)17-7-9-19(10-8-17)30-14-11-20(28-30)24(25,26)27/h2-11,14H,12-13,15-16H2,1H3. The average Bonchev–Trinajstić information content (AvgIpc) is 3.35. The predicted molar refractivity (Wildman–Crippen MR) is 114 cm³/mol. The summed E-state index contributed by atoms with van der Waals surface area (Å²) in [6.07, 6.45) is -2.43. The largest absolute Gasteiger partial charge is 0.468 e. The van der Waals surface area contributed by atoms with E-state index in [-0.39, 0.29) is 11.9 Å². The van der Waals surface area contributed by atoms with E-state index in [0.29, 0.717) is 37.2 Å². The molecule has 1 amide bonds. The van der Waals surface area contributed by atoms with Crippen LogP contribution in [-0.4, -0.2) is 46.8 Å². The van der Waals surface area contributed by atoms with Crippen molar-refractivity contribution in [1.29, 1.82) is 0 Å². The van der Waals surface area contributed by atoms with Crippen LogP contribution in [-0.2, 0) is 21.1 Å². The molecule has 0 aliphatic carbocycles. The number of ether oxygens (including phenoxy) is 1. The van der Waals surface area contributed by atoms with E-state index >= 15 is 0 Å². The summed E-state index contributed by atoms with van der Waals surface area (Å²) in [4.78, 5) is 27.4. The van der Waals surface area contributed by atoms with Gasteiger partial charge in [0.15, 0.2) is 5.69 Å². The number of rotatable bonds is 4. The number of alkyl halides is 3. The zero-order valence-electron chi connectivity index (χ0n) is 17.9. The van der Waals surface area contributed by atoms with Crippen molar-refractivity contribution in [3.05, 3.63) is 83.7 Å². The zero-order chi connectivity index (χ0) is 23.6. The van der Waals surface area contributed by atoms with Gasteiger partial charge in [0.1, 0.15) is 0 Å². The highest BCUT2D eigenvalue weighted by Crippen LogP contribution is 2.37. The Kier molecular flexibility index (Phi) is 5.97. The summed E-state index contributed by atoms with van der Waals surface area (Å²) in [7, 11) is 1.36. The number of benzene rings is 2. The summed E-state index contributed by atoms with van der Waals surface area (Å²) in [6, 6.07) is 16.5. The smallest absolute Gasteiger partial charge is 0.435 e. The van der Waals surface area contributed by atoms with Gasteiger partial charge in [0, 0.05) is 24.8 Å².